The van der Waals surface area contributed by atoms with E-state index in [0.29, 0.717) is 6.54 Å². The summed E-state index contributed by atoms with van der Waals surface area (Å²) in [4.78, 5) is 2.64. The maximum atomic E-state index is 8.67. The summed E-state index contributed by atoms with van der Waals surface area (Å²) >= 11 is 0. The minimum Gasteiger partial charge on any atom is -0.302 e. The maximum Gasteiger partial charge on any atom is 0.0952 e. The van der Waals surface area contributed by atoms with Crippen molar-refractivity contribution in [2.24, 2.45) is 5.11 Å². The topological polar surface area (TPSA) is 84.6 Å². The van der Waals surface area contributed by atoms with Crippen LogP contribution >= 0.6 is 0 Å². The molecule has 0 aliphatic heterocycles. The molecule has 0 saturated carbocycles. The van der Waals surface area contributed by atoms with Crippen molar-refractivity contribution in [1.82, 2.24) is 5.32 Å². The van der Waals surface area contributed by atoms with Crippen molar-refractivity contribution in [3.8, 4) is 6.07 Å². The van der Waals surface area contributed by atoms with Crippen LogP contribution in [-0.2, 0) is 0 Å². The van der Waals surface area contributed by atoms with Crippen molar-refractivity contribution in [3.05, 3.63) is 10.4 Å². The van der Waals surface area contributed by atoms with Crippen LogP contribution in [0, 0.1) is 11.3 Å². The molecule has 0 amide bonds. The van der Waals surface area contributed by atoms with Gasteiger partial charge in [0.15, 0.2) is 0 Å². The van der Waals surface area contributed by atoms with Gasteiger partial charge in [-0.1, -0.05) is 18.5 Å². The van der Waals surface area contributed by atoms with Crippen molar-refractivity contribution in [2.75, 3.05) is 13.1 Å². The van der Waals surface area contributed by atoms with E-state index in [1.54, 1.807) is 0 Å². The SMILES string of the molecule is CCCC(C#N)NCCCN=[N+]=[N-]. The van der Waals surface area contributed by atoms with Gasteiger partial charge in [0.2, 0.25) is 0 Å². The molecule has 5 nitrogen and oxygen atoms in total. The van der Waals surface area contributed by atoms with Gasteiger partial charge in [0.25, 0.3) is 0 Å². The second-order valence-electron chi connectivity index (χ2n) is 2.73. The molecule has 0 rings (SSSR count). The fourth-order valence-corrected chi connectivity index (χ4v) is 0.972. The molecule has 0 aliphatic rings. The molecule has 0 bridgehead atoms. The lowest BCUT2D eigenvalue weighted by molar-refractivity contribution is 0.549. The number of hydrogen-bond acceptors (Lipinski definition) is 3. The van der Waals surface area contributed by atoms with E-state index in [2.05, 4.69) is 21.4 Å². The van der Waals surface area contributed by atoms with Gasteiger partial charge < -0.3 is 5.32 Å². The summed E-state index contributed by atoms with van der Waals surface area (Å²) in [6, 6.07) is 2.12. The maximum absolute atomic E-state index is 8.67. The van der Waals surface area contributed by atoms with E-state index in [1.165, 1.54) is 0 Å². The molecule has 13 heavy (non-hydrogen) atoms. The van der Waals surface area contributed by atoms with E-state index in [9.17, 15) is 0 Å². The smallest absolute Gasteiger partial charge is 0.0952 e. The fraction of sp³-hybridized carbons (Fsp3) is 0.875. The van der Waals surface area contributed by atoms with Crippen molar-refractivity contribution < 1.29 is 0 Å². The van der Waals surface area contributed by atoms with Crippen LogP contribution in [0.2, 0.25) is 0 Å². The minimum absolute atomic E-state index is 0.0592. The predicted molar refractivity (Wildman–Crippen MR) is 50.9 cm³/mol. The van der Waals surface area contributed by atoms with E-state index in [-0.39, 0.29) is 6.04 Å². The Morgan fingerprint density at radius 1 is 1.69 bits per heavy atom. The largest absolute Gasteiger partial charge is 0.302 e. The summed E-state index contributed by atoms with van der Waals surface area (Å²) in [5.41, 5.74) is 7.99. The highest BCUT2D eigenvalue weighted by atomic mass is 15.1. The molecule has 0 heterocycles. The lowest BCUT2D eigenvalue weighted by Gasteiger charge is -2.08. The van der Waals surface area contributed by atoms with Gasteiger partial charge in [-0.3, -0.25) is 0 Å². The normalized spacial score (nSPS) is 11.4. The Morgan fingerprint density at radius 3 is 3.00 bits per heavy atom. The molecule has 0 spiro atoms. The minimum atomic E-state index is -0.0592. The average molecular weight is 181 g/mol. The standard InChI is InChI=1S/C8H15N5/c1-2-4-8(7-9)11-5-3-6-12-13-10/h8,11H,2-6H2,1H3. The van der Waals surface area contributed by atoms with E-state index >= 15 is 0 Å². The van der Waals surface area contributed by atoms with Crippen molar-refractivity contribution in [1.29, 1.82) is 5.26 Å². The van der Waals surface area contributed by atoms with Crippen LogP contribution in [0.15, 0.2) is 5.11 Å². The summed E-state index contributed by atoms with van der Waals surface area (Å²) in [6.07, 6.45) is 2.66. The van der Waals surface area contributed by atoms with Gasteiger partial charge >= 0.3 is 0 Å². The Morgan fingerprint density at radius 2 is 2.46 bits per heavy atom. The molecule has 0 radical (unpaired) electrons. The first-order valence-corrected chi connectivity index (χ1v) is 4.49. The first-order chi connectivity index (χ1) is 6.35. The third-order valence-electron chi connectivity index (χ3n) is 1.62. The molecule has 0 aliphatic carbocycles. The Balaban J connectivity index is 3.39. The molecule has 1 atom stereocenters. The lowest BCUT2D eigenvalue weighted by Crippen LogP contribution is -2.28. The van der Waals surface area contributed by atoms with Crippen LogP contribution in [0.4, 0.5) is 0 Å². The average Bonchev–Trinajstić information content (AvgIpc) is 2.16. The first kappa shape index (κ1) is 11.8. The van der Waals surface area contributed by atoms with E-state index < -0.39 is 0 Å². The number of rotatable bonds is 7. The molecular formula is C8H15N5. The van der Waals surface area contributed by atoms with Gasteiger partial charge in [-0.2, -0.15) is 5.26 Å². The Bertz CT molecular complexity index is 201. The second kappa shape index (κ2) is 8.85. The van der Waals surface area contributed by atoms with Crippen LogP contribution in [0.1, 0.15) is 26.2 Å². The zero-order valence-electron chi connectivity index (χ0n) is 7.90. The molecule has 72 valence electrons. The Hall–Kier alpha value is -1.24. The van der Waals surface area contributed by atoms with Gasteiger partial charge in [0.05, 0.1) is 12.1 Å². The summed E-state index contributed by atoms with van der Waals surface area (Å²) in [6.45, 7) is 3.27. The molecular weight excluding hydrogens is 166 g/mol. The quantitative estimate of drug-likeness (QED) is 0.282. The van der Waals surface area contributed by atoms with Crippen molar-refractivity contribution in [3.63, 3.8) is 0 Å². The van der Waals surface area contributed by atoms with E-state index in [0.717, 1.165) is 25.8 Å². The van der Waals surface area contributed by atoms with Gasteiger partial charge in [-0.15, -0.1) is 0 Å². The number of nitriles is 1. The Labute approximate surface area is 78.4 Å². The van der Waals surface area contributed by atoms with Crippen LogP contribution in [0.25, 0.3) is 10.4 Å². The van der Waals surface area contributed by atoms with Gasteiger partial charge in [0.1, 0.15) is 0 Å². The van der Waals surface area contributed by atoms with Gasteiger partial charge in [-0.05, 0) is 24.9 Å². The third kappa shape index (κ3) is 7.13. The first-order valence-electron chi connectivity index (χ1n) is 4.49. The zero-order chi connectivity index (χ0) is 9.94. The molecule has 0 aromatic carbocycles. The van der Waals surface area contributed by atoms with Crippen molar-refractivity contribution in [2.45, 2.75) is 32.2 Å². The molecule has 0 fully saturated rings. The predicted octanol–water partition coefficient (Wildman–Crippen LogP) is 1.97. The molecule has 1 N–H and O–H groups in total. The van der Waals surface area contributed by atoms with E-state index in [4.69, 9.17) is 10.8 Å². The molecule has 0 saturated heterocycles. The van der Waals surface area contributed by atoms with Gasteiger partial charge in [-0.25, -0.2) is 0 Å². The van der Waals surface area contributed by atoms with E-state index in [1.807, 2.05) is 6.92 Å². The lowest BCUT2D eigenvalue weighted by atomic mass is 10.2. The van der Waals surface area contributed by atoms with Gasteiger partial charge in [0, 0.05) is 11.5 Å². The monoisotopic (exact) mass is 181 g/mol. The molecule has 5 heteroatoms. The summed E-state index contributed by atoms with van der Waals surface area (Å²) in [5.74, 6) is 0. The van der Waals surface area contributed by atoms with Crippen LogP contribution < -0.4 is 5.32 Å². The number of hydrogen-bond donors (Lipinski definition) is 1. The number of nitrogens with one attached hydrogen (secondary N) is 1. The Kier molecular flexibility index (Phi) is 8.01. The second-order valence-corrected chi connectivity index (χ2v) is 2.73. The van der Waals surface area contributed by atoms with Crippen LogP contribution in [0.3, 0.4) is 0 Å². The molecule has 0 aromatic rings. The highest BCUT2D eigenvalue weighted by Crippen LogP contribution is 1.94. The summed E-state index contributed by atoms with van der Waals surface area (Å²) in [5, 5.41) is 15.1. The van der Waals surface area contributed by atoms with Crippen LogP contribution in [-0.4, -0.2) is 19.1 Å². The zero-order valence-corrected chi connectivity index (χ0v) is 7.90. The van der Waals surface area contributed by atoms with Crippen LogP contribution in [0.5, 0.6) is 0 Å². The highest BCUT2D eigenvalue weighted by Gasteiger charge is 2.02. The summed E-state index contributed by atoms with van der Waals surface area (Å²) < 4.78 is 0. The number of azide groups is 1. The third-order valence-corrected chi connectivity index (χ3v) is 1.62. The summed E-state index contributed by atoms with van der Waals surface area (Å²) in [7, 11) is 0. The molecule has 1 unspecified atom stereocenters. The highest BCUT2D eigenvalue weighted by molar-refractivity contribution is 4.88. The number of nitrogens with zero attached hydrogens (tertiary/aromatic N) is 4. The molecule has 0 aromatic heterocycles. The fourth-order valence-electron chi connectivity index (χ4n) is 0.972. The van der Waals surface area contributed by atoms with Crippen molar-refractivity contribution >= 4 is 0 Å².